The first-order valence-electron chi connectivity index (χ1n) is 9.06. The Morgan fingerprint density at radius 1 is 1.07 bits per heavy atom. The van der Waals surface area contributed by atoms with Crippen LogP contribution >= 0.6 is 11.6 Å². The summed E-state index contributed by atoms with van der Waals surface area (Å²) in [6.07, 6.45) is 5.07. The Labute approximate surface area is 165 Å². The largest absolute Gasteiger partial charge is 0.326 e. The third-order valence-electron chi connectivity index (χ3n) is 4.84. The highest BCUT2D eigenvalue weighted by Crippen LogP contribution is 2.28. The van der Waals surface area contributed by atoms with Crippen molar-refractivity contribution in [3.8, 4) is 0 Å². The van der Waals surface area contributed by atoms with Gasteiger partial charge in [-0.15, -0.1) is 0 Å². The van der Waals surface area contributed by atoms with Crippen LogP contribution in [0.25, 0.3) is 0 Å². The minimum atomic E-state index is -3.84. The van der Waals surface area contributed by atoms with Gasteiger partial charge in [0.25, 0.3) is 10.0 Å². The molecule has 5 nitrogen and oxygen atoms in total. The first-order valence-corrected chi connectivity index (χ1v) is 10.9. The smallest absolute Gasteiger partial charge is 0.262 e. The van der Waals surface area contributed by atoms with Gasteiger partial charge in [0.1, 0.15) is 0 Å². The van der Waals surface area contributed by atoms with E-state index in [1.165, 1.54) is 12.5 Å². The van der Waals surface area contributed by atoms with Crippen LogP contribution in [-0.2, 0) is 14.8 Å². The highest BCUT2D eigenvalue weighted by atomic mass is 35.5. The topological polar surface area (TPSA) is 75.3 Å². The van der Waals surface area contributed by atoms with Crippen molar-refractivity contribution >= 4 is 38.9 Å². The lowest BCUT2D eigenvalue weighted by Crippen LogP contribution is -2.25. The van der Waals surface area contributed by atoms with E-state index in [4.69, 9.17) is 11.6 Å². The SMILES string of the molecule is Cc1ccc(NC(=O)C2CCCCC2)cc1S(=O)(=O)Nc1ccccc1Cl. The van der Waals surface area contributed by atoms with Crippen LogP contribution in [0.1, 0.15) is 37.7 Å². The van der Waals surface area contributed by atoms with Crippen LogP contribution < -0.4 is 10.0 Å². The van der Waals surface area contributed by atoms with E-state index in [0.717, 1.165) is 25.7 Å². The standard InChI is InChI=1S/C20H23ClN2O3S/c1-14-11-12-16(22-20(24)15-7-3-2-4-8-15)13-19(14)27(25,26)23-18-10-6-5-9-17(18)21/h5-6,9-13,15,23H,2-4,7-8H2,1H3,(H,22,24). The number of anilines is 2. The molecule has 0 aliphatic heterocycles. The van der Waals surface area contributed by atoms with Gasteiger partial charge in [-0.25, -0.2) is 8.42 Å². The van der Waals surface area contributed by atoms with Gasteiger partial charge in [-0.2, -0.15) is 0 Å². The number of rotatable bonds is 5. The summed E-state index contributed by atoms with van der Waals surface area (Å²) < 4.78 is 28.2. The van der Waals surface area contributed by atoms with Crippen molar-refractivity contribution < 1.29 is 13.2 Å². The predicted molar refractivity (Wildman–Crippen MR) is 109 cm³/mol. The molecule has 0 radical (unpaired) electrons. The van der Waals surface area contributed by atoms with Crippen LogP contribution in [0, 0.1) is 12.8 Å². The molecular weight excluding hydrogens is 384 g/mol. The van der Waals surface area contributed by atoms with Crippen molar-refractivity contribution in [3.63, 3.8) is 0 Å². The molecule has 1 fully saturated rings. The molecule has 1 saturated carbocycles. The van der Waals surface area contributed by atoms with E-state index >= 15 is 0 Å². The van der Waals surface area contributed by atoms with E-state index in [0.29, 0.717) is 22.0 Å². The number of sulfonamides is 1. The van der Waals surface area contributed by atoms with Gasteiger partial charge in [0.15, 0.2) is 0 Å². The van der Waals surface area contributed by atoms with Gasteiger partial charge in [-0.1, -0.05) is 49.1 Å². The average molecular weight is 407 g/mol. The zero-order chi connectivity index (χ0) is 19.4. The summed E-state index contributed by atoms with van der Waals surface area (Å²) in [5.41, 5.74) is 1.39. The number of hydrogen-bond donors (Lipinski definition) is 2. The molecule has 27 heavy (non-hydrogen) atoms. The van der Waals surface area contributed by atoms with E-state index in [1.54, 1.807) is 43.3 Å². The molecule has 144 valence electrons. The van der Waals surface area contributed by atoms with Gasteiger partial charge in [0.05, 0.1) is 15.6 Å². The van der Waals surface area contributed by atoms with E-state index < -0.39 is 10.0 Å². The molecule has 7 heteroatoms. The normalized spacial score (nSPS) is 15.3. The number of carbonyl (C=O) groups is 1. The Kier molecular flexibility index (Phi) is 6.07. The number of para-hydroxylation sites is 1. The molecule has 0 bridgehead atoms. The Bertz CT molecular complexity index is 938. The lowest BCUT2D eigenvalue weighted by Gasteiger charge is -2.21. The third kappa shape index (κ3) is 4.82. The number of aryl methyl sites for hydroxylation is 1. The average Bonchev–Trinajstić information content (AvgIpc) is 2.65. The van der Waals surface area contributed by atoms with Crippen LogP contribution in [0.4, 0.5) is 11.4 Å². The van der Waals surface area contributed by atoms with E-state index in [-0.39, 0.29) is 16.7 Å². The highest BCUT2D eigenvalue weighted by Gasteiger charge is 2.23. The molecule has 2 N–H and O–H groups in total. The molecule has 0 aromatic heterocycles. The quantitative estimate of drug-likeness (QED) is 0.736. The fourth-order valence-corrected chi connectivity index (χ4v) is 4.91. The summed E-state index contributed by atoms with van der Waals surface area (Å²) in [5.74, 6) is -0.0395. The van der Waals surface area contributed by atoms with Crippen molar-refractivity contribution in [3.05, 3.63) is 53.1 Å². The summed E-state index contributed by atoms with van der Waals surface area (Å²) in [7, 11) is -3.84. The fourth-order valence-electron chi connectivity index (χ4n) is 3.32. The third-order valence-corrected chi connectivity index (χ3v) is 6.68. The molecule has 2 aromatic rings. The number of halogens is 1. The van der Waals surface area contributed by atoms with E-state index in [2.05, 4.69) is 10.0 Å². The van der Waals surface area contributed by atoms with Gasteiger partial charge < -0.3 is 5.32 Å². The van der Waals surface area contributed by atoms with Gasteiger partial charge >= 0.3 is 0 Å². The minimum Gasteiger partial charge on any atom is -0.326 e. The van der Waals surface area contributed by atoms with Crippen molar-refractivity contribution in [1.29, 1.82) is 0 Å². The monoisotopic (exact) mass is 406 g/mol. The Morgan fingerprint density at radius 2 is 1.78 bits per heavy atom. The second-order valence-electron chi connectivity index (χ2n) is 6.89. The van der Waals surface area contributed by atoms with Gasteiger partial charge in [-0.3, -0.25) is 9.52 Å². The van der Waals surface area contributed by atoms with Gasteiger partial charge in [-0.05, 0) is 49.6 Å². The lowest BCUT2D eigenvalue weighted by molar-refractivity contribution is -0.120. The van der Waals surface area contributed by atoms with Crippen LogP contribution in [0.2, 0.25) is 5.02 Å². The summed E-state index contributed by atoms with van der Waals surface area (Å²) in [6.45, 7) is 1.72. The second-order valence-corrected chi connectivity index (χ2v) is 8.95. The Hall–Kier alpha value is -2.05. The van der Waals surface area contributed by atoms with Crippen LogP contribution in [0.3, 0.4) is 0 Å². The number of hydrogen-bond acceptors (Lipinski definition) is 3. The fraction of sp³-hybridized carbons (Fsp3) is 0.350. The maximum atomic E-state index is 12.8. The summed E-state index contributed by atoms with van der Waals surface area (Å²) in [6, 6.07) is 11.6. The lowest BCUT2D eigenvalue weighted by atomic mass is 9.88. The molecule has 0 atom stereocenters. The van der Waals surface area contributed by atoms with Crippen molar-refractivity contribution in [1.82, 2.24) is 0 Å². The van der Waals surface area contributed by atoms with Crippen molar-refractivity contribution in [2.45, 2.75) is 43.9 Å². The summed E-state index contributed by atoms with van der Waals surface area (Å²) in [4.78, 5) is 12.6. The number of carbonyl (C=O) groups excluding carboxylic acids is 1. The number of benzene rings is 2. The maximum absolute atomic E-state index is 12.8. The molecule has 0 saturated heterocycles. The molecule has 1 aliphatic carbocycles. The first-order chi connectivity index (χ1) is 12.9. The van der Waals surface area contributed by atoms with E-state index in [1.807, 2.05) is 0 Å². The molecule has 0 unspecified atom stereocenters. The van der Waals surface area contributed by atoms with Gasteiger partial charge in [0.2, 0.25) is 5.91 Å². The summed E-state index contributed by atoms with van der Waals surface area (Å²) in [5, 5.41) is 3.19. The highest BCUT2D eigenvalue weighted by molar-refractivity contribution is 7.92. The van der Waals surface area contributed by atoms with Crippen LogP contribution in [-0.4, -0.2) is 14.3 Å². The molecule has 0 spiro atoms. The molecule has 1 aliphatic rings. The zero-order valence-corrected chi connectivity index (χ0v) is 16.7. The molecule has 2 aromatic carbocycles. The maximum Gasteiger partial charge on any atom is 0.262 e. The predicted octanol–water partition coefficient (Wildman–Crippen LogP) is 4.97. The second kappa shape index (κ2) is 8.31. The Balaban J connectivity index is 1.82. The summed E-state index contributed by atoms with van der Waals surface area (Å²) >= 11 is 6.06. The van der Waals surface area contributed by atoms with Crippen LogP contribution in [0.5, 0.6) is 0 Å². The van der Waals surface area contributed by atoms with Crippen molar-refractivity contribution in [2.75, 3.05) is 10.0 Å². The first kappa shape index (κ1) is 19.7. The molecule has 3 rings (SSSR count). The molecule has 0 heterocycles. The number of nitrogens with one attached hydrogen (secondary N) is 2. The molecular formula is C20H23ClN2O3S. The van der Waals surface area contributed by atoms with Gasteiger partial charge in [0, 0.05) is 11.6 Å². The Morgan fingerprint density at radius 3 is 2.48 bits per heavy atom. The van der Waals surface area contributed by atoms with E-state index in [9.17, 15) is 13.2 Å². The minimum absolute atomic E-state index is 0.00126. The number of amides is 1. The zero-order valence-electron chi connectivity index (χ0n) is 15.2. The molecule has 1 amide bonds. The van der Waals surface area contributed by atoms with Crippen LogP contribution in [0.15, 0.2) is 47.4 Å². The van der Waals surface area contributed by atoms with Crippen molar-refractivity contribution in [2.24, 2.45) is 5.92 Å².